The molecule has 1 aromatic carbocycles. The predicted octanol–water partition coefficient (Wildman–Crippen LogP) is 3.16. The summed E-state index contributed by atoms with van der Waals surface area (Å²) in [5.41, 5.74) is -0.217. The van der Waals surface area contributed by atoms with Crippen molar-refractivity contribution in [2.45, 2.75) is 31.3 Å². The van der Waals surface area contributed by atoms with E-state index in [1.165, 1.54) is 0 Å². The van der Waals surface area contributed by atoms with Gasteiger partial charge in [0.05, 0.1) is 7.11 Å². The average Bonchev–Trinajstić information content (AvgIpc) is 2.06. The zero-order chi connectivity index (χ0) is 10.8. The Hall–Kier alpha value is -0.830. The quantitative estimate of drug-likeness (QED) is 0.759. The minimum atomic E-state index is -0.217. The minimum Gasteiger partial charge on any atom is -0.493 e. The number of benzene rings is 1. The molecule has 0 spiro atoms. The molecule has 0 aliphatic carbocycles. The molecule has 0 aromatic heterocycles. The van der Waals surface area contributed by atoms with E-state index in [0.29, 0.717) is 5.75 Å². The summed E-state index contributed by atoms with van der Waals surface area (Å²) in [7, 11) is 1.62. The van der Waals surface area contributed by atoms with Crippen molar-refractivity contribution < 1.29 is 9.47 Å². The monoisotopic (exact) mass is 212 g/mol. The van der Waals surface area contributed by atoms with E-state index >= 15 is 0 Å². The second-order valence-corrected chi connectivity index (χ2v) is 4.57. The van der Waals surface area contributed by atoms with Gasteiger partial charge in [-0.1, -0.05) is 0 Å². The molecule has 14 heavy (non-hydrogen) atoms. The Morgan fingerprint density at radius 3 is 2.29 bits per heavy atom. The first-order chi connectivity index (χ1) is 6.42. The van der Waals surface area contributed by atoms with Crippen molar-refractivity contribution in [3.05, 3.63) is 18.2 Å². The van der Waals surface area contributed by atoms with E-state index < -0.39 is 0 Å². The van der Waals surface area contributed by atoms with Gasteiger partial charge >= 0.3 is 0 Å². The first-order valence-electron chi connectivity index (χ1n) is 4.48. The van der Waals surface area contributed by atoms with E-state index in [2.05, 4.69) is 12.6 Å². The maximum atomic E-state index is 5.72. The smallest absolute Gasteiger partial charge is 0.162 e. The summed E-state index contributed by atoms with van der Waals surface area (Å²) in [6, 6.07) is 5.59. The summed E-state index contributed by atoms with van der Waals surface area (Å²) in [5, 5.41) is 0. The van der Waals surface area contributed by atoms with Crippen LogP contribution in [0.4, 0.5) is 0 Å². The van der Waals surface area contributed by atoms with Gasteiger partial charge in [0, 0.05) is 4.90 Å². The number of hydrogen-bond acceptors (Lipinski definition) is 3. The number of methoxy groups -OCH3 is 1. The van der Waals surface area contributed by atoms with Crippen molar-refractivity contribution in [2.24, 2.45) is 0 Å². The number of hydrogen-bond donors (Lipinski definition) is 1. The van der Waals surface area contributed by atoms with Gasteiger partial charge in [-0.25, -0.2) is 0 Å². The molecular weight excluding hydrogens is 196 g/mol. The van der Waals surface area contributed by atoms with E-state index in [1.54, 1.807) is 7.11 Å². The van der Waals surface area contributed by atoms with E-state index in [0.717, 1.165) is 10.6 Å². The maximum absolute atomic E-state index is 5.72. The molecule has 0 fully saturated rings. The van der Waals surface area contributed by atoms with Crippen LogP contribution in [0.5, 0.6) is 11.5 Å². The van der Waals surface area contributed by atoms with Crippen LogP contribution in [0.25, 0.3) is 0 Å². The maximum Gasteiger partial charge on any atom is 0.162 e. The van der Waals surface area contributed by atoms with Crippen LogP contribution in [0.1, 0.15) is 20.8 Å². The molecule has 78 valence electrons. The highest BCUT2D eigenvalue weighted by Gasteiger charge is 2.14. The number of ether oxygens (including phenoxy) is 2. The fourth-order valence-corrected chi connectivity index (χ4v) is 1.26. The van der Waals surface area contributed by atoms with Gasteiger partial charge in [0.25, 0.3) is 0 Å². The van der Waals surface area contributed by atoms with Crippen LogP contribution in [-0.4, -0.2) is 12.7 Å². The van der Waals surface area contributed by atoms with Crippen LogP contribution < -0.4 is 9.47 Å². The third kappa shape index (κ3) is 3.14. The number of rotatable bonds is 2. The fraction of sp³-hybridized carbons (Fsp3) is 0.455. The van der Waals surface area contributed by atoms with Crippen molar-refractivity contribution in [3.8, 4) is 11.5 Å². The first kappa shape index (κ1) is 11.2. The predicted molar refractivity (Wildman–Crippen MR) is 60.6 cm³/mol. The molecule has 1 aromatic rings. The lowest BCUT2D eigenvalue weighted by molar-refractivity contribution is 0.125. The summed E-state index contributed by atoms with van der Waals surface area (Å²) in [5.74, 6) is 1.46. The molecule has 0 unspecified atom stereocenters. The van der Waals surface area contributed by atoms with Gasteiger partial charge in [-0.2, -0.15) is 0 Å². The van der Waals surface area contributed by atoms with Crippen molar-refractivity contribution in [2.75, 3.05) is 7.11 Å². The molecule has 2 nitrogen and oxygen atoms in total. The van der Waals surface area contributed by atoms with Crippen LogP contribution in [0, 0.1) is 0 Å². The van der Waals surface area contributed by atoms with Crippen LogP contribution >= 0.6 is 12.6 Å². The van der Waals surface area contributed by atoms with E-state index in [9.17, 15) is 0 Å². The lowest BCUT2D eigenvalue weighted by Gasteiger charge is -2.22. The molecule has 0 aliphatic rings. The Kier molecular flexibility index (Phi) is 3.32. The van der Waals surface area contributed by atoms with Crippen molar-refractivity contribution in [1.29, 1.82) is 0 Å². The highest BCUT2D eigenvalue weighted by atomic mass is 32.1. The van der Waals surface area contributed by atoms with Gasteiger partial charge in [0.1, 0.15) is 5.60 Å². The third-order valence-corrected chi connectivity index (χ3v) is 1.84. The van der Waals surface area contributed by atoms with Crippen molar-refractivity contribution >= 4 is 12.6 Å². The van der Waals surface area contributed by atoms with Crippen molar-refractivity contribution in [3.63, 3.8) is 0 Å². The molecule has 0 amide bonds. The van der Waals surface area contributed by atoms with Crippen LogP contribution in [0.15, 0.2) is 23.1 Å². The van der Waals surface area contributed by atoms with Crippen LogP contribution in [0.3, 0.4) is 0 Å². The molecule has 0 atom stereocenters. The molecule has 0 saturated heterocycles. The Morgan fingerprint density at radius 1 is 1.14 bits per heavy atom. The summed E-state index contributed by atoms with van der Waals surface area (Å²) in [6.45, 7) is 6.00. The summed E-state index contributed by atoms with van der Waals surface area (Å²) < 4.78 is 10.9. The molecule has 0 radical (unpaired) electrons. The number of thiol groups is 1. The van der Waals surface area contributed by atoms with Crippen LogP contribution in [0.2, 0.25) is 0 Å². The Labute approximate surface area is 90.6 Å². The Bertz CT molecular complexity index is 316. The third-order valence-electron chi connectivity index (χ3n) is 1.56. The minimum absolute atomic E-state index is 0.217. The molecule has 1 rings (SSSR count). The van der Waals surface area contributed by atoms with Gasteiger partial charge < -0.3 is 9.47 Å². The zero-order valence-corrected chi connectivity index (χ0v) is 9.89. The lowest BCUT2D eigenvalue weighted by Crippen LogP contribution is -2.23. The van der Waals surface area contributed by atoms with Crippen LogP contribution in [-0.2, 0) is 0 Å². The Morgan fingerprint density at radius 2 is 1.79 bits per heavy atom. The molecule has 0 N–H and O–H groups in total. The zero-order valence-electron chi connectivity index (χ0n) is 9.00. The molecule has 0 bridgehead atoms. The van der Waals surface area contributed by atoms with Gasteiger partial charge in [-0.05, 0) is 39.0 Å². The largest absolute Gasteiger partial charge is 0.493 e. The summed E-state index contributed by atoms with van der Waals surface area (Å²) in [4.78, 5) is 0.864. The van der Waals surface area contributed by atoms with E-state index in [4.69, 9.17) is 9.47 Å². The second-order valence-electron chi connectivity index (χ2n) is 4.05. The molecule has 0 heterocycles. The highest BCUT2D eigenvalue weighted by Crippen LogP contribution is 2.31. The van der Waals surface area contributed by atoms with Gasteiger partial charge in [0.2, 0.25) is 0 Å². The highest BCUT2D eigenvalue weighted by molar-refractivity contribution is 7.80. The topological polar surface area (TPSA) is 18.5 Å². The average molecular weight is 212 g/mol. The first-order valence-corrected chi connectivity index (χ1v) is 4.93. The standard InChI is InChI=1S/C11H16O2S/c1-11(2,3)13-9-6-5-8(14)7-10(9)12-4/h5-7,14H,1-4H3. The van der Waals surface area contributed by atoms with Crippen molar-refractivity contribution in [1.82, 2.24) is 0 Å². The molecule has 3 heteroatoms. The fourth-order valence-electron chi connectivity index (χ4n) is 1.07. The lowest BCUT2D eigenvalue weighted by atomic mass is 10.2. The van der Waals surface area contributed by atoms with Gasteiger partial charge in [-0.15, -0.1) is 12.6 Å². The summed E-state index contributed by atoms with van der Waals surface area (Å²) >= 11 is 4.23. The molecule has 0 aliphatic heterocycles. The Balaban J connectivity index is 2.97. The van der Waals surface area contributed by atoms with E-state index in [-0.39, 0.29) is 5.60 Å². The normalized spacial score (nSPS) is 11.2. The van der Waals surface area contributed by atoms with E-state index in [1.807, 2.05) is 39.0 Å². The summed E-state index contributed by atoms with van der Waals surface area (Å²) in [6.07, 6.45) is 0. The SMILES string of the molecule is COc1cc(S)ccc1OC(C)(C)C. The van der Waals surface area contributed by atoms with Gasteiger partial charge in [-0.3, -0.25) is 0 Å². The second kappa shape index (κ2) is 4.13. The van der Waals surface area contributed by atoms with Gasteiger partial charge in [0.15, 0.2) is 11.5 Å². The molecule has 0 saturated carbocycles. The molecular formula is C11H16O2S.